The molecule has 4 atom stereocenters. The number of aliphatic carboxylic acids is 1. The zero-order valence-electron chi connectivity index (χ0n) is 22.2. The highest BCUT2D eigenvalue weighted by molar-refractivity contribution is 7.80. The minimum absolute atomic E-state index is 0.0901. The molecule has 226 valence electrons. The number of carbonyl (C=O) groups is 7. The fourth-order valence-corrected chi connectivity index (χ4v) is 3.27. The lowest BCUT2D eigenvalue weighted by Crippen LogP contribution is -2.52. The van der Waals surface area contributed by atoms with Gasteiger partial charge in [0.2, 0.25) is 17.9 Å². The van der Waals surface area contributed by atoms with Crippen molar-refractivity contribution in [2.24, 2.45) is 5.73 Å². The molecule has 0 saturated heterocycles. The maximum absolute atomic E-state index is 12.4. The van der Waals surface area contributed by atoms with Crippen molar-refractivity contribution in [3.8, 4) is 0 Å². The molecule has 0 aliphatic heterocycles. The highest BCUT2D eigenvalue weighted by Gasteiger charge is 2.36. The Morgan fingerprint density at radius 3 is 2.15 bits per heavy atom. The van der Waals surface area contributed by atoms with Gasteiger partial charge in [-0.05, 0) is 12.0 Å². The van der Waals surface area contributed by atoms with E-state index in [2.05, 4.69) is 38.1 Å². The lowest BCUT2D eigenvalue weighted by Gasteiger charge is -2.21. The van der Waals surface area contributed by atoms with E-state index < -0.39 is 79.0 Å². The maximum atomic E-state index is 12.4. The van der Waals surface area contributed by atoms with Crippen LogP contribution in [0.4, 0.5) is 4.79 Å². The van der Waals surface area contributed by atoms with Crippen LogP contribution < -0.4 is 21.7 Å². The molecule has 0 fully saturated rings. The number of carboxylic acids is 1. The van der Waals surface area contributed by atoms with Crippen LogP contribution in [0.15, 0.2) is 30.3 Å². The molecule has 1 rings (SSSR count). The lowest BCUT2D eigenvalue weighted by molar-refractivity contribution is -0.171. The third-order valence-corrected chi connectivity index (χ3v) is 5.56. The molecule has 0 aliphatic rings. The van der Waals surface area contributed by atoms with Gasteiger partial charge in [0.15, 0.2) is 6.04 Å². The van der Waals surface area contributed by atoms with E-state index in [1.54, 1.807) is 30.3 Å². The molecule has 1 aromatic rings. The topological polar surface area (TPSA) is 239 Å². The summed E-state index contributed by atoms with van der Waals surface area (Å²) in [6.07, 6.45) is -3.57. The molecule has 0 bridgehead atoms. The summed E-state index contributed by atoms with van der Waals surface area (Å²) in [5.74, 6) is -6.59. The molecule has 0 saturated carbocycles. The Labute approximate surface area is 240 Å². The van der Waals surface area contributed by atoms with Crippen LogP contribution in [0.5, 0.6) is 0 Å². The second-order valence-corrected chi connectivity index (χ2v) is 8.50. The summed E-state index contributed by atoms with van der Waals surface area (Å²) >= 11 is 3.98. The number of amides is 3. The van der Waals surface area contributed by atoms with Gasteiger partial charge in [0.1, 0.15) is 25.2 Å². The number of hydrogen-bond acceptors (Lipinski definition) is 13. The van der Waals surface area contributed by atoms with Gasteiger partial charge >= 0.3 is 30.0 Å². The molecule has 6 N–H and O–H groups in total. The number of hydrogen-bond donors (Lipinski definition) is 6. The largest absolute Gasteiger partial charge is 0.480 e. The number of esters is 3. The number of carboxylic acid groups (broad SMARTS) is 1. The predicted octanol–water partition coefficient (Wildman–Crippen LogP) is -1.74. The van der Waals surface area contributed by atoms with Crippen molar-refractivity contribution < 1.29 is 57.6 Å². The van der Waals surface area contributed by atoms with E-state index in [-0.39, 0.29) is 18.8 Å². The highest BCUT2D eigenvalue weighted by atomic mass is 32.1. The average Bonchev–Trinajstić information content (AvgIpc) is 2.97. The fourth-order valence-electron chi connectivity index (χ4n) is 3.01. The Hall–Kier alpha value is -4.38. The summed E-state index contributed by atoms with van der Waals surface area (Å²) in [4.78, 5) is 83.8. The summed E-state index contributed by atoms with van der Waals surface area (Å²) in [6, 6.07) is 4.28. The van der Waals surface area contributed by atoms with Gasteiger partial charge in [-0.3, -0.25) is 19.2 Å². The van der Waals surface area contributed by atoms with Crippen molar-refractivity contribution in [1.29, 1.82) is 0 Å². The van der Waals surface area contributed by atoms with Crippen LogP contribution in [0.3, 0.4) is 0 Å². The number of nitrogens with one attached hydrogen (secondary N) is 3. The van der Waals surface area contributed by atoms with E-state index in [0.717, 1.165) is 14.2 Å². The first-order valence-corrected chi connectivity index (χ1v) is 12.5. The van der Waals surface area contributed by atoms with Gasteiger partial charge in [-0.25, -0.2) is 14.4 Å². The van der Waals surface area contributed by atoms with Crippen molar-refractivity contribution in [3.63, 3.8) is 0 Å². The van der Waals surface area contributed by atoms with Crippen LogP contribution in [-0.4, -0.2) is 97.6 Å². The molecule has 3 amide bonds. The SMILES string of the molecule is COC(=O)[C@@H](N)[C@@H](OC(=O)CNC(=O)C(CS)NC(=O)CCC(NC(=O)OCc1ccccc1)C(=O)O)C(=O)OC. The number of carbonyl (C=O) groups excluding carboxylic acids is 6. The number of methoxy groups -OCH3 is 2. The number of rotatable bonds is 16. The zero-order chi connectivity index (χ0) is 30.9. The standard InChI is InChI=1S/C24H32N4O12S/c1-37-22(34)18(25)19(23(35)38-2)40-17(30)10-26-20(31)15(12-41)27-16(29)9-8-14(21(32)33)28-24(36)39-11-13-6-4-3-5-7-13/h3-7,14-15,18-19,41H,8-12,25H2,1-2H3,(H,26,31)(H,27,29)(H,28,36)(H,32,33)/t14?,15?,18-,19+/m0/s1. The van der Waals surface area contributed by atoms with Crippen molar-refractivity contribution in [3.05, 3.63) is 35.9 Å². The van der Waals surface area contributed by atoms with E-state index in [0.29, 0.717) is 5.56 Å². The first kappa shape index (κ1) is 34.6. The number of thiol groups is 1. The minimum atomic E-state index is -1.84. The van der Waals surface area contributed by atoms with E-state index >= 15 is 0 Å². The van der Waals surface area contributed by atoms with Crippen molar-refractivity contribution in [2.45, 2.75) is 43.7 Å². The summed E-state index contributed by atoms with van der Waals surface area (Å²) in [5, 5.41) is 16.0. The molecule has 0 aliphatic carbocycles. The van der Waals surface area contributed by atoms with Crippen molar-refractivity contribution in [1.82, 2.24) is 16.0 Å². The highest BCUT2D eigenvalue weighted by Crippen LogP contribution is 2.05. The Morgan fingerprint density at radius 2 is 1.59 bits per heavy atom. The Bertz CT molecular complexity index is 1090. The molecule has 17 heteroatoms. The smallest absolute Gasteiger partial charge is 0.408 e. The second-order valence-electron chi connectivity index (χ2n) is 8.14. The minimum Gasteiger partial charge on any atom is -0.480 e. The molecule has 0 aromatic heterocycles. The molecule has 0 heterocycles. The van der Waals surface area contributed by atoms with E-state index in [1.165, 1.54) is 0 Å². The third-order valence-electron chi connectivity index (χ3n) is 5.20. The molecule has 1 aromatic carbocycles. The van der Waals surface area contributed by atoms with Gasteiger partial charge in [-0.1, -0.05) is 30.3 Å². The Kier molecular flexibility index (Phi) is 15.3. The predicted molar refractivity (Wildman–Crippen MR) is 141 cm³/mol. The normalized spacial score (nSPS) is 13.3. The van der Waals surface area contributed by atoms with Gasteiger partial charge in [0.05, 0.1) is 14.2 Å². The Morgan fingerprint density at radius 1 is 0.951 bits per heavy atom. The molecule has 16 nitrogen and oxygen atoms in total. The molecular formula is C24H32N4O12S. The van der Waals surface area contributed by atoms with Crippen LogP contribution in [0, 0.1) is 0 Å². The maximum Gasteiger partial charge on any atom is 0.408 e. The second kappa shape index (κ2) is 18.1. The quantitative estimate of drug-likeness (QED) is 0.0703. The van der Waals surface area contributed by atoms with Gasteiger partial charge in [0, 0.05) is 12.2 Å². The number of nitrogens with two attached hydrogens (primary N) is 1. The summed E-state index contributed by atoms with van der Waals surface area (Å²) in [6.45, 7) is -0.871. The average molecular weight is 601 g/mol. The summed E-state index contributed by atoms with van der Waals surface area (Å²) in [5.41, 5.74) is 6.23. The third kappa shape index (κ3) is 12.6. The van der Waals surface area contributed by atoms with Crippen molar-refractivity contribution >= 4 is 54.4 Å². The van der Waals surface area contributed by atoms with Gasteiger partial charge in [-0.15, -0.1) is 0 Å². The fraction of sp³-hybridized carbons (Fsp3) is 0.458. The van der Waals surface area contributed by atoms with Gasteiger partial charge in [0.25, 0.3) is 0 Å². The van der Waals surface area contributed by atoms with Crippen LogP contribution in [0.25, 0.3) is 0 Å². The van der Waals surface area contributed by atoms with E-state index in [4.69, 9.17) is 15.2 Å². The van der Waals surface area contributed by atoms with Crippen LogP contribution in [0.2, 0.25) is 0 Å². The van der Waals surface area contributed by atoms with Crippen molar-refractivity contribution in [2.75, 3.05) is 26.5 Å². The molecule has 0 spiro atoms. The number of benzene rings is 1. The molecular weight excluding hydrogens is 568 g/mol. The number of ether oxygens (including phenoxy) is 4. The zero-order valence-corrected chi connectivity index (χ0v) is 23.1. The molecule has 41 heavy (non-hydrogen) atoms. The monoisotopic (exact) mass is 600 g/mol. The molecule has 0 radical (unpaired) electrons. The summed E-state index contributed by atoms with van der Waals surface area (Å²) < 4.78 is 18.7. The van der Waals surface area contributed by atoms with E-state index in [9.17, 15) is 38.7 Å². The van der Waals surface area contributed by atoms with Crippen LogP contribution in [-0.2, 0) is 54.3 Å². The Balaban J connectivity index is 2.57. The lowest BCUT2D eigenvalue weighted by atomic mass is 10.1. The van der Waals surface area contributed by atoms with Crippen LogP contribution in [0.1, 0.15) is 18.4 Å². The van der Waals surface area contributed by atoms with Gasteiger partial charge < -0.3 is 45.7 Å². The first-order chi connectivity index (χ1) is 19.4. The number of alkyl carbamates (subject to hydrolysis) is 1. The van der Waals surface area contributed by atoms with Crippen LogP contribution >= 0.6 is 12.6 Å². The summed E-state index contributed by atoms with van der Waals surface area (Å²) in [7, 11) is 1.98. The first-order valence-electron chi connectivity index (χ1n) is 11.9. The van der Waals surface area contributed by atoms with E-state index in [1.807, 2.05) is 0 Å². The van der Waals surface area contributed by atoms with Gasteiger partial charge in [-0.2, -0.15) is 12.6 Å². The molecule has 2 unspecified atom stereocenters.